The maximum atomic E-state index is 12.7. The summed E-state index contributed by atoms with van der Waals surface area (Å²) >= 11 is 0. The Hall–Kier alpha value is -2.70. The molecule has 1 amide bonds. The van der Waals surface area contributed by atoms with Crippen molar-refractivity contribution in [2.24, 2.45) is 0 Å². The van der Waals surface area contributed by atoms with Crippen LogP contribution in [0.4, 0.5) is 0 Å². The highest BCUT2D eigenvalue weighted by molar-refractivity contribution is 5.87. The number of amides is 1. The maximum Gasteiger partial charge on any atom is 0.240 e. The first-order valence-electron chi connectivity index (χ1n) is 9.93. The molecule has 3 aromatic rings. The molecule has 0 aliphatic carbocycles. The molecule has 2 fully saturated rings. The van der Waals surface area contributed by atoms with Crippen LogP contribution < -0.4 is 10.6 Å². The van der Waals surface area contributed by atoms with E-state index in [1.807, 2.05) is 18.2 Å². The molecule has 3 heterocycles. The van der Waals surface area contributed by atoms with E-state index in [4.69, 9.17) is 4.52 Å². The van der Waals surface area contributed by atoms with E-state index in [-0.39, 0.29) is 5.91 Å². The van der Waals surface area contributed by atoms with E-state index in [2.05, 4.69) is 51.0 Å². The summed E-state index contributed by atoms with van der Waals surface area (Å²) in [7, 11) is 0. The molecule has 28 heavy (non-hydrogen) atoms. The van der Waals surface area contributed by atoms with Crippen molar-refractivity contribution in [1.29, 1.82) is 0 Å². The molecule has 0 atom stereocenters. The number of nitrogens with one attached hydrogen (secondary N) is 2. The van der Waals surface area contributed by atoms with Crippen molar-refractivity contribution >= 4 is 16.7 Å². The van der Waals surface area contributed by atoms with Gasteiger partial charge in [0.05, 0.1) is 5.69 Å². The van der Waals surface area contributed by atoms with Crippen LogP contribution in [-0.4, -0.2) is 47.7 Å². The van der Waals surface area contributed by atoms with Gasteiger partial charge in [-0.3, -0.25) is 9.69 Å². The standard InChI is InChI=1S/C22H24N4O2/c27-21-22(7-9-23-10-8-22)26(12-11-24-21)15-19-14-20(28-25-19)18-6-5-16-3-1-2-4-17(16)13-18/h1-6,13-14,23H,7-12,15H2,(H,24,27). The molecule has 0 saturated carbocycles. The Balaban J connectivity index is 1.40. The number of piperazine rings is 1. The highest BCUT2D eigenvalue weighted by atomic mass is 16.5. The first-order valence-corrected chi connectivity index (χ1v) is 9.93. The molecule has 1 spiro atoms. The molecule has 0 unspecified atom stereocenters. The van der Waals surface area contributed by atoms with Gasteiger partial charge in [-0.2, -0.15) is 0 Å². The minimum atomic E-state index is -0.425. The van der Waals surface area contributed by atoms with Crippen LogP contribution in [0.25, 0.3) is 22.1 Å². The van der Waals surface area contributed by atoms with Gasteiger partial charge in [0.2, 0.25) is 5.91 Å². The molecule has 2 saturated heterocycles. The van der Waals surface area contributed by atoms with Crippen LogP contribution in [-0.2, 0) is 11.3 Å². The van der Waals surface area contributed by atoms with Crippen molar-refractivity contribution in [2.75, 3.05) is 26.2 Å². The number of rotatable bonds is 3. The smallest absolute Gasteiger partial charge is 0.240 e. The van der Waals surface area contributed by atoms with E-state index < -0.39 is 5.54 Å². The Labute approximate surface area is 163 Å². The summed E-state index contributed by atoms with van der Waals surface area (Å²) in [5.41, 5.74) is 1.46. The van der Waals surface area contributed by atoms with Gasteiger partial charge in [0, 0.05) is 31.3 Å². The molecule has 144 valence electrons. The van der Waals surface area contributed by atoms with E-state index in [1.54, 1.807) is 0 Å². The molecule has 2 aliphatic rings. The summed E-state index contributed by atoms with van der Waals surface area (Å²) in [5.74, 6) is 0.917. The first kappa shape index (κ1) is 17.4. The number of hydrogen-bond donors (Lipinski definition) is 2. The number of hydrogen-bond acceptors (Lipinski definition) is 5. The van der Waals surface area contributed by atoms with Crippen LogP contribution in [0, 0.1) is 0 Å². The molecule has 1 aromatic heterocycles. The number of piperidine rings is 1. The van der Waals surface area contributed by atoms with E-state index in [1.165, 1.54) is 10.8 Å². The van der Waals surface area contributed by atoms with Gasteiger partial charge in [-0.15, -0.1) is 0 Å². The van der Waals surface area contributed by atoms with Crippen LogP contribution in [0.3, 0.4) is 0 Å². The fourth-order valence-electron chi connectivity index (χ4n) is 4.50. The van der Waals surface area contributed by atoms with Gasteiger partial charge in [-0.25, -0.2) is 0 Å². The normalized spacial score (nSPS) is 19.8. The molecule has 2 aromatic carbocycles. The Morgan fingerprint density at radius 3 is 2.71 bits per heavy atom. The van der Waals surface area contributed by atoms with Gasteiger partial charge in [0.25, 0.3) is 0 Å². The molecule has 6 heteroatoms. The summed E-state index contributed by atoms with van der Waals surface area (Å²) in [5, 5.41) is 13.1. The van der Waals surface area contributed by atoms with E-state index in [9.17, 15) is 4.79 Å². The zero-order valence-electron chi connectivity index (χ0n) is 15.8. The number of nitrogens with zero attached hydrogens (tertiary/aromatic N) is 2. The molecular weight excluding hydrogens is 352 g/mol. The zero-order chi connectivity index (χ0) is 19.0. The molecule has 2 N–H and O–H groups in total. The van der Waals surface area contributed by atoms with Crippen molar-refractivity contribution in [3.8, 4) is 11.3 Å². The first-order chi connectivity index (χ1) is 13.7. The van der Waals surface area contributed by atoms with Crippen molar-refractivity contribution < 1.29 is 9.32 Å². The highest BCUT2D eigenvalue weighted by Gasteiger charge is 2.46. The SMILES string of the molecule is O=C1NCCN(Cc2cc(-c3ccc4ccccc4c3)on2)C12CCNCC2. The summed E-state index contributed by atoms with van der Waals surface area (Å²) in [6, 6.07) is 16.6. The lowest BCUT2D eigenvalue weighted by Crippen LogP contribution is -2.67. The number of benzene rings is 2. The van der Waals surface area contributed by atoms with Gasteiger partial charge < -0.3 is 15.2 Å². The van der Waals surface area contributed by atoms with Gasteiger partial charge in [-0.05, 0) is 42.8 Å². The van der Waals surface area contributed by atoms with Gasteiger partial charge in [-0.1, -0.05) is 41.6 Å². The van der Waals surface area contributed by atoms with Crippen molar-refractivity contribution in [1.82, 2.24) is 20.7 Å². The van der Waals surface area contributed by atoms with Crippen LogP contribution in [0.2, 0.25) is 0 Å². The molecule has 0 bridgehead atoms. The average Bonchev–Trinajstić information content (AvgIpc) is 3.21. The topological polar surface area (TPSA) is 70.4 Å². The lowest BCUT2D eigenvalue weighted by atomic mass is 9.83. The summed E-state index contributed by atoms with van der Waals surface area (Å²) in [6.45, 7) is 3.88. The predicted octanol–water partition coefficient (Wildman–Crippen LogP) is 2.55. The minimum absolute atomic E-state index is 0.151. The fraction of sp³-hybridized carbons (Fsp3) is 0.364. The average molecular weight is 376 g/mol. The third-order valence-corrected chi connectivity index (χ3v) is 6.07. The van der Waals surface area contributed by atoms with E-state index in [0.717, 1.165) is 49.5 Å². The summed E-state index contributed by atoms with van der Waals surface area (Å²) in [4.78, 5) is 15.0. The van der Waals surface area contributed by atoms with Crippen LogP contribution in [0.1, 0.15) is 18.5 Å². The summed E-state index contributed by atoms with van der Waals surface area (Å²) in [6.07, 6.45) is 1.66. The highest BCUT2D eigenvalue weighted by Crippen LogP contribution is 2.31. The second kappa shape index (κ2) is 7.04. The Morgan fingerprint density at radius 2 is 1.86 bits per heavy atom. The summed E-state index contributed by atoms with van der Waals surface area (Å²) < 4.78 is 5.65. The second-order valence-electron chi connectivity index (χ2n) is 7.70. The molecule has 6 nitrogen and oxygen atoms in total. The maximum absolute atomic E-state index is 12.7. The van der Waals surface area contributed by atoms with Crippen LogP contribution in [0.15, 0.2) is 53.1 Å². The van der Waals surface area contributed by atoms with Crippen molar-refractivity contribution in [3.05, 3.63) is 54.2 Å². The van der Waals surface area contributed by atoms with Gasteiger partial charge in [0.1, 0.15) is 5.54 Å². The second-order valence-corrected chi connectivity index (χ2v) is 7.70. The number of carbonyl (C=O) groups is 1. The Morgan fingerprint density at radius 1 is 1.04 bits per heavy atom. The van der Waals surface area contributed by atoms with Crippen molar-refractivity contribution in [2.45, 2.75) is 24.9 Å². The predicted molar refractivity (Wildman–Crippen MR) is 108 cm³/mol. The molecule has 2 aliphatic heterocycles. The van der Waals surface area contributed by atoms with E-state index in [0.29, 0.717) is 13.1 Å². The molecular formula is C22H24N4O2. The molecule has 5 rings (SSSR count). The fourth-order valence-corrected chi connectivity index (χ4v) is 4.50. The Bertz CT molecular complexity index is 1010. The van der Waals surface area contributed by atoms with Crippen molar-refractivity contribution in [3.63, 3.8) is 0 Å². The number of fused-ring (bicyclic) bond motifs is 1. The van der Waals surface area contributed by atoms with Crippen LogP contribution >= 0.6 is 0 Å². The molecule has 0 radical (unpaired) electrons. The largest absolute Gasteiger partial charge is 0.356 e. The monoisotopic (exact) mass is 376 g/mol. The van der Waals surface area contributed by atoms with E-state index >= 15 is 0 Å². The Kier molecular flexibility index (Phi) is 4.37. The number of aromatic nitrogens is 1. The minimum Gasteiger partial charge on any atom is -0.356 e. The lowest BCUT2D eigenvalue weighted by molar-refractivity contribution is -0.140. The van der Waals surface area contributed by atoms with Gasteiger partial charge in [0.15, 0.2) is 5.76 Å². The zero-order valence-corrected chi connectivity index (χ0v) is 15.8. The lowest BCUT2D eigenvalue weighted by Gasteiger charge is -2.47. The van der Waals surface area contributed by atoms with Crippen LogP contribution in [0.5, 0.6) is 0 Å². The quantitative estimate of drug-likeness (QED) is 0.735. The van der Waals surface area contributed by atoms with Gasteiger partial charge >= 0.3 is 0 Å². The third kappa shape index (κ3) is 2.99. The number of carbonyl (C=O) groups excluding carboxylic acids is 1. The third-order valence-electron chi connectivity index (χ3n) is 6.07.